The van der Waals surface area contributed by atoms with Gasteiger partial charge in [0.2, 0.25) is 11.8 Å². The predicted molar refractivity (Wildman–Crippen MR) is 117 cm³/mol. The van der Waals surface area contributed by atoms with Gasteiger partial charge in [0.25, 0.3) is 5.91 Å². The van der Waals surface area contributed by atoms with Crippen LogP contribution in [0.3, 0.4) is 0 Å². The fourth-order valence-electron chi connectivity index (χ4n) is 4.04. The fraction of sp³-hybridized carbons (Fsp3) is 0.304. The number of hydrogen-bond acceptors (Lipinski definition) is 5. The van der Waals surface area contributed by atoms with Gasteiger partial charge in [-0.2, -0.15) is 0 Å². The highest BCUT2D eigenvalue weighted by Crippen LogP contribution is 2.34. The first-order chi connectivity index (χ1) is 15.7. The number of carbonyl (C=O) groups excluding carboxylic acids is 4. The molecule has 0 spiro atoms. The van der Waals surface area contributed by atoms with Crippen LogP contribution in [0.25, 0.3) is 0 Å². The molecule has 2 fully saturated rings. The molecule has 2 aromatic carbocycles. The highest BCUT2D eigenvalue weighted by Gasteiger charge is 2.49. The first kappa shape index (κ1) is 22.3. The van der Waals surface area contributed by atoms with Crippen LogP contribution in [0.2, 0.25) is 0 Å². The first-order valence-electron chi connectivity index (χ1n) is 10.4. The average molecular weight is 454 g/mol. The smallest absolute Gasteiger partial charge is 0.325 e. The summed E-state index contributed by atoms with van der Waals surface area (Å²) < 4.78 is 18.6. The minimum atomic E-state index is -1.40. The van der Waals surface area contributed by atoms with E-state index in [9.17, 15) is 23.6 Å². The number of ether oxygens (including phenoxy) is 1. The molecule has 4 rings (SSSR count). The molecule has 1 unspecified atom stereocenters. The van der Waals surface area contributed by atoms with Crippen molar-refractivity contribution in [1.29, 1.82) is 0 Å². The number of halogens is 1. The molecule has 2 N–H and O–H groups in total. The lowest BCUT2D eigenvalue weighted by molar-refractivity contribution is -0.133. The van der Waals surface area contributed by atoms with Crippen LogP contribution in [-0.2, 0) is 19.9 Å². The number of methoxy groups -OCH3 is 1. The summed E-state index contributed by atoms with van der Waals surface area (Å²) in [6.45, 7) is 1.59. The number of imide groups is 1. The van der Waals surface area contributed by atoms with Crippen LogP contribution in [0.15, 0.2) is 42.5 Å². The Bertz CT molecular complexity index is 1140. The maximum absolute atomic E-state index is 13.2. The number of carbonyl (C=O) groups is 4. The summed E-state index contributed by atoms with van der Waals surface area (Å²) >= 11 is 0. The van der Waals surface area contributed by atoms with Gasteiger partial charge in [0.05, 0.1) is 12.8 Å². The van der Waals surface area contributed by atoms with E-state index in [2.05, 4.69) is 10.6 Å². The molecule has 2 heterocycles. The molecular formula is C23H23FN4O5. The monoisotopic (exact) mass is 454 g/mol. The van der Waals surface area contributed by atoms with Gasteiger partial charge in [-0.25, -0.2) is 9.18 Å². The van der Waals surface area contributed by atoms with Gasteiger partial charge in [-0.15, -0.1) is 0 Å². The molecule has 2 aromatic rings. The second-order valence-corrected chi connectivity index (χ2v) is 8.04. The van der Waals surface area contributed by atoms with Gasteiger partial charge in [-0.1, -0.05) is 12.1 Å². The minimum absolute atomic E-state index is 0.00727. The molecule has 33 heavy (non-hydrogen) atoms. The number of urea groups is 1. The lowest BCUT2D eigenvalue weighted by Crippen LogP contribution is -2.42. The Labute approximate surface area is 189 Å². The zero-order valence-corrected chi connectivity index (χ0v) is 18.2. The molecule has 0 bridgehead atoms. The van der Waals surface area contributed by atoms with Crippen LogP contribution in [0.1, 0.15) is 25.3 Å². The Hall–Kier alpha value is -3.95. The van der Waals surface area contributed by atoms with Crippen molar-refractivity contribution >= 4 is 35.1 Å². The van der Waals surface area contributed by atoms with E-state index in [-0.39, 0.29) is 5.91 Å². The molecule has 9 nitrogen and oxygen atoms in total. The molecule has 2 aliphatic rings. The maximum atomic E-state index is 13.2. The third-order valence-corrected chi connectivity index (χ3v) is 5.83. The second-order valence-electron chi connectivity index (χ2n) is 8.04. The molecule has 0 saturated carbocycles. The molecular weight excluding hydrogens is 431 g/mol. The lowest BCUT2D eigenvalue weighted by Gasteiger charge is -2.22. The van der Waals surface area contributed by atoms with Crippen molar-refractivity contribution in [2.75, 3.05) is 30.4 Å². The molecule has 0 aliphatic carbocycles. The van der Waals surface area contributed by atoms with Crippen LogP contribution in [0, 0.1) is 5.82 Å². The zero-order chi connectivity index (χ0) is 23.8. The second kappa shape index (κ2) is 8.53. The first-order valence-corrected chi connectivity index (χ1v) is 10.4. The molecule has 5 amide bonds. The van der Waals surface area contributed by atoms with Crippen LogP contribution in [0.4, 0.5) is 20.6 Å². The zero-order valence-electron chi connectivity index (χ0n) is 18.2. The molecule has 1 atom stereocenters. The van der Waals surface area contributed by atoms with E-state index in [1.807, 2.05) is 0 Å². The van der Waals surface area contributed by atoms with Crippen LogP contribution >= 0.6 is 0 Å². The van der Waals surface area contributed by atoms with Gasteiger partial charge in [-0.3, -0.25) is 19.3 Å². The summed E-state index contributed by atoms with van der Waals surface area (Å²) in [5.41, 5.74) is 0.00257. The number of benzene rings is 2. The van der Waals surface area contributed by atoms with Gasteiger partial charge in [0.1, 0.15) is 23.7 Å². The number of hydrogen-bond donors (Lipinski definition) is 2. The van der Waals surface area contributed by atoms with E-state index in [1.165, 1.54) is 38.3 Å². The number of nitrogens with one attached hydrogen (secondary N) is 2. The summed E-state index contributed by atoms with van der Waals surface area (Å²) in [6, 6.07) is 9.37. The average Bonchev–Trinajstić information content (AvgIpc) is 3.30. The summed E-state index contributed by atoms with van der Waals surface area (Å²) in [5, 5.41) is 5.22. The summed E-state index contributed by atoms with van der Waals surface area (Å²) in [5.74, 6) is -1.25. The van der Waals surface area contributed by atoms with E-state index >= 15 is 0 Å². The number of rotatable bonds is 6. The fourth-order valence-corrected chi connectivity index (χ4v) is 4.04. The Morgan fingerprint density at radius 3 is 2.55 bits per heavy atom. The topological polar surface area (TPSA) is 108 Å². The van der Waals surface area contributed by atoms with Crippen LogP contribution < -0.4 is 20.3 Å². The van der Waals surface area contributed by atoms with Crippen LogP contribution in [0.5, 0.6) is 5.75 Å². The van der Waals surface area contributed by atoms with Crippen LogP contribution in [-0.4, -0.2) is 48.9 Å². The summed E-state index contributed by atoms with van der Waals surface area (Å²) in [6.07, 6.45) is 1.24. The number of amides is 5. The van der Waals surface area contributed by atoms with Crippen molar-refractivity contribution in [3.8, 4) is 5.75 Å². The Morgan fingerprint density at radius 2 is 1.91 bits per heavy atom. The molecule has 0 aromatic heterocycles. The summed E-state index contributed by atoms with van der Waals surface area (Å²) in [4.78, 5) is 52.5. The molecule has 172 valence electrons. The highest BCUT2D eigenvalue weighted by molar-refractivity contribution is 6.10. The van der Waals surface area contributed by atoms with Gasteiger partial charge in [0.15, 0.2) is 0 Å². The van der Waals surface area contributed by atoms with Crippen molar-refractivity contribution in [3.05, 3.63) is 53.8 Å². The van der Waals surface area contributed by atoms with E-state index in [1.54, 1.807) is 23.1 Å². The van der Waals surface area contributed by atoms with Gasteiger partial charge in [-0.05, 0) is 43.2 Å². The third kappa shape index (κ3) is 4.11. The third-order valence-electron chi connectivity index (χ3n) is 5.83. The Kier molecular flexibility index (Phi) is 5.75. The van der Waals surface area contributed by atoms with Crippen molar-refractivity contribution < 1.29 is 28.3 Å². The normalized spacial score (nSPS) is 20.3. The molecule has 0 radical (unpaired) electrons. The number of anilines is 2. The van der Waals surface area contributed by atoms with Crippen molar-refractivity contribution in [2.24, 2.45) is 0 Å². The molecule has 10 heteroatoms. The Balaban J connectivity index is 1.46. The number of nitrogens with zero attached hydrogens (tertiary/aromatic N) is 2. The highest BCUT2D eigenvalue weighted by atomic mass is 19.1. The van der Waals surface area contributed by atoms with Gasteiger partial charge in [0, 0.05) is 24.7 Å². The largest absolute Gasteiger partial charge is 0.494 e. The summed E-state index contributed by atoms with van der Waals surface area (Å²) in [7, 11) is 1.47. The SMILES string of the molecule is COc1cc(NC(=O)CN2C(=O)NC(C)(c3ccc(F)cc3)C2=O)ccc1N1CCCC1=O. The standard InChI is InChI=1S/C23H23FN4O5/c1-23(14-5-7-15(24)8-6-14)21(31)28(22(32)26-23)13-19(29)25-16-9-10-17(18(12-16)33-2)27-11-3-4-20(27)30/h5-10,12H,3-4,11,13H2,1-2H3,(H,25,29)(H,26,32). The van der Waals surface area contributed by atoms with Crippen molar-refractivity contribution in [2.45, 2.75) is 25.3 Å². The van der Waals surface area contributed by atoms with E-state index in [0.29, 0.717) is 35.7 Å². The van der Waals surface area contributed by atoms with E-state index in [4.69, 9.17) is 4.74 Å². The van der Waals surface area contributed by atoms with Crippen molar-refractivity contribution in [1.82, 2.24) is 10.2 Å². The molecule has 2 aliphatic heterocycles. The molecule has 2 saturated heterocycles. The van der Waals surface area contributed by atoms with E-state index in [0.717, 1.165) is 11.3 Å². The quantitative estimate of drug-likeness (QED) is 0.652. The Morgan fingerprint density at radius 1 is 1.18 bits per heavy atom. The van der Waals surface area contributed by atoms with Crippen molar-refractivity contribution in [3.63, 3.8) is 0 Å². The van der Waals surface area contributed by atoms with Gasteiger partial charge >= 0.3 is 6.03 Å². The minimum Gasteiger partial charge on any atom is -0.494 e. The van der Waals surface area contributed by atoms with Gasteiger partial charge < -0.3 is 20.3 Å². The maximum Gasteiger partial charge on any atom is 0.325 e. The van der Waals surface area contributed by atoms with E-state index < -0.39 is 35.7 Å². The predicted octanol–water partition coefficient (Wildman–Crippen LogP) is 2.37. The lowest BCUT2D eigenvalue weighted by atomic mass is 9.92.